The van der Waals surface area contributed by atoms with E-state index in [0.29, 0.717) is 11.8 Å². The van der Waals surface area contributed by atoms with Gasteiger partial charge in [-0.2, -0.15) is 5.26 Å². The second-order valence-electron chi connectivity index (χ2n) is 5.39. The Kier molecular flexibility index (Phi) is 4.38. The largest absolute Gasteiger partial charge is 0.240 e. The summed E-state index contributed by atoms with van der Waals surface area (Å²) in [6, 6.07) is 6.04. The van der Waals surface area contributed by atoms with Crippen LogP contribution in [0.4, 0.5) is 0 Å². The van der Waals surface area contributed by atoms with Gasteiger partial charge in [-0.1, -0.05) is 25.4 Å². The van der Waals surface area contributed by atoms with Crippen LogP contribution in [0.5, 0.6) is 0 Å². The molecular formula is C14H17ClN2O2S. The van der Waals surface area contributed by atoms with Gasteiger partial charge in [0, 0.05) is 6.04 Å². The molecule has 3 unspecified atom stereocenters. The summed E-state index contributed by atoms with van der Waals surface area (Å²) in [5.74, 6) is 0.839. The highest BCUT2D eigenvalue weighted by atomic mass is 35.5. The second kappa shape index (κ2) is 5.72. The molecule has 3 atom stereocenters. The monoisotopic (exact) mass is 312 g/mol. The van der Waals surface area contributed by atoms with E-state index in [4.69, 9.17) is 16.9 Å². The minimum atomic E-state index is -3.59. The number of hydrogen-bond acceptors (Lipinski definition) is 3. The van der Waals surface area contributed by atoms with Gasteiger partial charge in [-0.3, -0.25) is 0 Å². The van der Waals surface area contributed by atoms with Gasteiger partial charge in [-0.15, -0.1) is 0 Å². The molecule has 0 radical (unpaired) electrons. The predicted octanol–water partition coefficient (Wildman–Crippen LogP) is 2.92. The Balaban J connectivity index is 2.23. The molecule has 1 saturated carbocycles. The van der Waals surface area contributed by atoms with Crippen molar-refractivity contribution >= 4 is 21.6 Å². The first kappa shape index (κ1) is 15.3. The first-order valence-corrected chi connectivity index (χ1v) is 8.43. The first-order valence-electron chi connectivity index (χ1n) is 6.57. The van der Waals surface area contributed by atoms with Crippen molar-refractivity contribution in [1.82, 2.24) is 4.72 Å². The summed E-state index contributed by atoms with van der Waals surface area (Å²) in [4.78, 5) is 0.105. The molecule has 108 valence electrons. The summed E-state index contributed by atoms with van der Waals surface area (Å²) in [5.41, 5.74) is 0.272. The maximum atomic E-state index is 12.3. The quantitative estimate of drug-likeness (QED) is 0.933. The summed E-state index contributed by atoms with van der Waals surface area (Å²) < 4.78 is 27.4. The molecule has 1 aliphatic rings. The van der Waals surface area contributed by atoms with Crippen LogP contribution in [-0.4, -0.2) is 14.5 Å². The number of hydrogen-bond donors (Lipinski definition) is 1. The van der Waals surface area contributed by atoms with Crippen molar-refractivity contribution in [3.8, 4) is 6.07 Å². The van der Waals surface area contributed by atoms with E-state index >= 15 is 0 Å². The Morgan fingerprint density at radius 1 is 1.35 bits per heavy atom. The number of rotatable bonds is 3. The SMILES string of the molecule is CC1CCC(NS(=O)(=O)c2ccc(C#N)c(Cl)c2)C1C. The minimum absolute atomic E-state index is 0.0376. The average Bonchev–Trinajstić information content (AvgIpc) is 2.70. The lowest BCUT2D eigenvalue weighted by Crippen LogP contribution is -2.37. The molecule has 0 amide bonds. The van der Waals surface area contributed by atoms with Gasteiger partial charge in [0.2, 0.25) is 10.0 Å². The second-order valence-corrected chi connectivity index (χ2v) is 7.52. The highest BCUT2D eigenvalue weighted by Crippen LogP contribution is 2.32. The summed E-state index contributed by atoms with van der Waals surface area (Å²) in [6.45, 7) is 4.20. The lowest BCUT2D eigenvalue weighted by molar-refractivity contribution is 0.402. The smallest absolute Gasteiger partial charge is 0.208 e. The molecule has 0 aliphatic heterocycles. The van der Waals surface area contributed by atoms with E-state index in [1.54, 1.807) is 0 Å². The van der Waals surface area contributed by atoms with Gasteiger partial charge in [0.05, 0.1) is 15.5 Å². The molecule has 0 spiro atoms. The fourth-order valence-electron chi connectivity index (χ4n) is 2.55. The number of nitriles is 1. The number of nitrogens with one attached hydrogen (secondary N) is 1. The fourth-order valence-corrected chi connectivity index (χ4v) is 4.23. The number of sulfonamides is 1. The van der Waals surface area contributed by atoms with Crippen molar-refractivity contribution in [3.05, 3.63) is 28.8 Å². The molecule has 1 aromatic rings. The van der Waals surface area contributed by atoms with Gasteiger partial charge >= 0.3 is 0 Å². The molecule has 0 bridgehead atoms. The standard InChI is InChI=1S/C14H17ClN2O2S/c1-9-3-6-14(10(9)2)17-20(18,19)12-5-4-11(8-16)13(15)7-12/h4-5,7,9-10,14,17H,3,6H2,1-2H3. The lowest BCUT2D eigenvalue weighted by Gasteiger charge is -2.19. The Morgan fingerprint density at radius 3 is 2.55 bits per heavy atom. The van der Waals surface area contributed by atoms with Crippen molar-refractivity contribution < 1.29 is 8.42 Å². The first-order chi connectivity index (χ1) is 9.35. The van der Waals surface area contributed by atoms with Crippen LogP contribution in [0.15, 0.2) is 23.1 Å². The summed E-state index contributed by atoms with van der Waals surface area (Å²) >= 11 is 5.89. The lowest BCUT2D eigenvalue weighted by atomic mass is 9.98. The molecular weight excluding hydrogens is 296 g/mol. The highest BCUT2D eigenvalue weighted by Gasteiger charge is 2.33. The van der Waals surface area contributed by atoms with Crippen LogP contribution in [0, 0.1) is 23.2 Å². The summed E-state index contributed by atoms with van der Waals surface area (Å²) in [7, 11) is -3.59. The topological polar surface area (TPSA) is 70.0 Å². The predicted molar refractivity (Wildman–Crippen MR) is 77.8 cm³/mol. The average molecular weight is 313 g/mol. The van der Waals surface area contributed by atoms with Crippen molar-refractivity contribution in [2.45, 2.75) is 37.6 Å². The molecule has 0 saturated heterocycles. The van der Waals surface area contributed by atoms with Crippen LogP contribution in [0.3, 0.4) is 0 Å². The Hall–Kier alpha value is -1.09. The van der Waals surface area contributed by atoms with Crippen LogP contribution in [0.2, 0.25) is 5.02 Å². The molecule has 1 aromatic carbocycles. The normalized spacial score (nSPS) is 26.4. The molecule has 0 aromatic heterocycles. The van der Waals surface area contributed by atoms with Gasteiger partial charge in [0.1, 0.15) is 6.07 Å². The molecule has 2 rings (SSSR count). The molecule has 1 fully saturated rings. The zero-order chi connectivity index (χ0) is 14.9. The Morgan fingerprint density at radius 2 is 2.05 bits per heavy atom. The van der Waals surface area contributed by atoms with E-state index in [0.717, 1.165) is 12.8 Å². The van der Waals surface area contributed by atoms with Crippen LogP contribution in [0.25, 0.3) is 0 Å². The van der Waals surface area contributed by atoms with Crippen molar-refractivity contribution in [2.75, 3.05) is 0 Å². The molecule has 4 nitrogen and oxygen atoms in total. The van der Waals surface area contributed by atoms with E-state index in [1.807, 2.05) is 6.07 Å². The van der Waals surface area contributed by atoms with E-state index in [1.165, 1.54) is 18.2 Å². The minimum Gasteiger partial charge on any atom is -0.208 e. The van der Waals surface area contributed by atoms with Gasteiger partial charge in [-0.05, 0) is 42.9 Å². The fraction of sp³-hybridized carbons (Fsp3) is 0.500. The Bertz CT molecular complexity index is 652. The van der Waals surface area contributed by atoms with Crippen LogP contribution >= 0.6 is 11.6 Å². The zero-order valence-electron chi connectivity index (χ0n) is 11.4. The van der Waals surface area contributed by atoms with Crippen LogP contribution in [0.1, 0.15) is 32.3 Å². The third-order valence-electron chi connectivity index (χ3n) is 4.14. The summed E-state index contributed by atoms with van der Waals surface area (Å²) in [5, 5.41) is 8.96. The highest BCUT2D eigenvalue weighted by molar-refractivity contribution is 7.89. The van der Waals surface area contributed by atoms with Gasteiger partial charge in [0.15, 0.2) is 0 Å². The molecule has 0 heterocycles. The van der Waals surface area contributed by atoms with Crippen molar-refractivity contribution in [3.63, 3.8) is 0 Å². The molecule has 1 aliphatic carbocycles. The van der Waals surface area contributed by atoms with Crippen LogP contribution in [-0.2, 0) is 10.0 Å². The van der Waals surface area contributed by atoms with Gasteiger partial charge in [-0.25, -0.2) is 13.1 Å². The van der Waals surface area contributed by atoms with Gasteiger partial charge in [0.25, 0.3) is 0 Å². The van der Waals surface area contributed by atoms with Crippen LogP contribution < -0.4 is 4.72 Å². The third kappa shape index (κ3) is 2.98. The third-order valence-corrected chi connectivity index (χ3v) is 5.94. The molecule has 20 heavy (non-hydrogen) atoms. The summed E-state index contributed by atoms with van der Waals surface area (Å²) in [6.07, 6.45) is 1.88. The van der Waals surface area contributed by atoms with E-state index in [2.05, 4.69) is 18.6 Å². The van der Waals surface area contributed by atoms with E-state index in [9.17, 15) is 8.42 Å². The maximum Gasteiger partial charge on any atom is 0.240 e. The molecule has 6 heteroatoms. The number of benzene rings is 1. The maximum absolute atomic E-state index is 12.3. The van der Waals surface area contributed by atoms with Crippen molar-refractivity contribution in [1.29, 1.82) is 5.26 Å². The van der Waals surface area contributed by atoms with E-state index < -0.39 is 10.0 Å². The molecule has 1 N–H and O–H groups in total. The van der Waals surface area contributed by atoms with Crippen molar-refractivity contribution in [2.24, 2.45) is 11.8 Å². The Labute approximate surface area is 124 Å². The van der Waals surface area contributed by atoms with E-state index in [-0.39, 0.29) is 21.5 Å². The number of nitrogens with zero attached hydrogens (tertiary/aromatic N) is 1. The zero-order valence-corrected chi connectivity index (χ0v) is 13.0. The van der Waals surface area contributed by atoms with Gasteiger partial charge < -0.3 is 0 Å². The number of halogens is 1.